The van der Waals surface area contributed by atoms with Crippen LogP contribution in [-0.2, 0) is 11.7 Å². The standard InChI is InChI=1S/C25H26F3N7O2/c1-33-11-6-15(7-12-33)35-13-8-19(32-35)30-23-29-14-17(25(26,27)28)21(31-23)37-18-5-3-4-16-20(18)22(36)34(2)24(16)9-10-24/h3-5,8,13-15H,6-7,9-12H2,1-2H3,(H,29,30,31,32). The lowest BCUT2D eigenvalue weighted by Gasteiger charge is -2.28. The van der Waals surface area contributed by atoms with Gasteiger partial charge in [0.15, 0.2) is 5.82 Å². The highest BCUT2D eigenvalue weighted by Crippen LogP contribution is 2.57. The third-order valence-corrected chi connectivity index (χ3v) is 7.59. The van der Waals surface area contributed by atoms with Gasteiger partial charge in [-0.05, 0) is 57.5 Å². The molecule has 4 heterocycles. The maximum Gasteiger partial charge on any atom is 0.423 e. The third-order valence-electron chi connectivity index (χ3n) is 7.59. The van der Waals surface area contributed by atoms with Crippen LogP contribution in [0.5, 0.6) is 11.6 Å². The van der Waals surface area contributed by atoms with Crippen molar-refractivity contribution in [2.75, 3.05) is 32.5 Å². The fourth-order valence-electron chi connectivity index (χ4n) is 5.28. The second-order valence-electron chi connectivity index (χ2n) is 9.93. The lowest BCUT2D eigenvalue weighted by molar-refractivity contribution is -0.139. The van der Waals surface area contributed by atoms with Crippen LogP contribution in [0, 0.1) is 0 Å². The van der Waals surface area contributed by atoms with Crippen LogP contribution >= 0.6 is 0 Å². The van der Waals surface area contributed by atoms with E-state index in [4.69, 9.17) is 4.74 Å². The number of hydrogen-bond acceptors (Lipinski definition) is 7. The summed E-state index contributed by atoms with van der Waals surface area (Å²) in [5.41, 5.74) is -0.463. The predicted molar refractivity (Wildman–Crippen MR) is 128 cm³/mol. The Kier molecular flexibility index (Phi) is 5.41. The predicted octanol–water partition coefficient (Wildman–Crippen LogP) is 4.57. The van der Waals surface area contributed by atoms with Crippen LogP contribution in [0.3, 0.4) is 0 Å². The van der Waals surface area contributed by atoms with Crippen LogP contribution in [0.2, 0.25) is 0 Å². The van der Waals surface area contributed by atoms with Crippen molar-refractivity contribution in [3.8, 4) is 11.6 Å². The molecule has 0 unspecified atom stereocenters. The number of amides is 1. The molecule has 0 bridgehead atoms. The second-order valence-corrected chi connectivity index (χ2v) is 9.93. The van der Waals surface area contributed by atoms with E-state index in [0.717, 1.165) is 44.3 Å². The smallest absolute Gasteiger partial charge is 0.423 e. The first-order chi connectivity index (χ1) is 17.7. The molecule has 3 aliphatic rings. The van der Waals surface area contributed by atoms with Crippen molar-refractivity contribution in [3.63, 3.8) is 0 Å². The Morgan fingerprint density at radius 3 is 2.59 bits per heavy atom. The summed E-state index contributed by atoms with van der Waals surface area (Å²) in [7, 11) is 3.79. The molecule has 1 aliphatic carbocycles. The quantitative estimate of drug-likeness (QED) is 0.535. The van der Waals surface area contributed by atoms with Crippen molar-refractivity contribution in [1.29, 1.82) is 0 Å². The van der Waals surface area contributed by atoms with Gasteiger partial charge in [-0.25, -0.2) is 4.98 Å². The summed E-state index contributed by atoms with van der Waals surface area (Å²) in [6, 6.07) is 6.99. The van der Waals surface area contributed by atoms with Gasteiger partial charge in [-0.2, -0.15) is 23.3 Å². The van der Waals surface area contributed by atoms with Crippen molar-refractivity contribution in [3.05, 3.63) is 53.3 Å². The van der Waals surface area contributed by atoms with Gasteiger partial charge in [0.2, 0.25) is 11.8 Å². The number of fused-ring (bicyclic) bond motifs is 2. The normalized spacial score (nSPS) is 19.4. The molecule has 1 N–H and O–H groups in total. The molecule has 1 spiro atoms. The number of rotatable bonds is 5. The zero-order valence-corrected chi connectivity index (χ0v) is 20.4. The zero-order chi connectivity index (χ0) is 25.9. The van der Waals surface area contributed by atoms with Gasteiger partial charge in [-0.1, -0.05) is 12.1 Å². The number of ether oxygens (including phenoxy) is 1. The highest BCUT2D eigenvalue weighted by atomic mass is 19.4. The molecule has 1 saturated heterocycles. The van der Waals surface area contributed by atoms with E-state index in [1.807, 2.05) is 16.9 Å². The zero-order valence-electron chi connectivity index (χ0n) is 20.4. The van der Waals surface area contributed by atoms with Crippen LogP contribution in [0.4, 0.5) is 24.9 Å². The van der Waals surface area contributed by atoms with E-state index in [2.05, 4.69) is 32.3 Å². The van der Waals surface area contributed by atoms with Crippen LogP contribution in [0.15, 0.2) is 36.7 Å². The van der Waals surface area contributed by atoms with E-state index in [1.165, 1.54) is 6.07 Å². The molecule has 1 saturated carbocycles. The van der Waals surface area contributed by atoms with Gasteiger partial charge in [-0.15, -0.1) is 0 Å². The Hall–Kier alpha value is -3.67. The summed E-state index contributed by atoms with van der Waals surface area (Å²) in [4.78, 5) is 24.8. The Bertz CT molecular complexity index is 1360. The Morgan fingerprint density at radius 1 is 1.14 bits per heavy atom. The number of carbonyl (C=O) groups is 1. The summed E-state index contributed by atoms with van der Waals surface area (Å²) in [6.07, 6.45) is 1.31. The molecular formula is C25H26F3N7O2. The molecule has 1 aromatic carbocycles. The van der Waals surface area contributed by atoms with Gasteiger partial charge in [0.05, 0.1) is 17.1 Å². The highest BCUT2D eigenvalue weighted by Gasteiger charge is 2.57. The number of anilines is 2. The van der Waals surface area contributed by atoms with E-state index in [-0.39, 0.29) is 34.7 Å². The van der Waals surface area contributed by atoms with Gasteiger partial charge < -0.3 is 19.9 Å². The van der Waals surface area contributed by atoms with Gasteiger partial charge in [0.25, 0.3) is 5.91 Å². The molecule has 9 nitrogen and oxygen atoms in total. The van der Waals surface area contributed by atoms with E-state index in [9.17, 15) is 18.0 Å². The van der Waals surface area contributed by atoms with E-state index in [0.29, 0.717) is 12.0 Å². The summed E-state index contributed by atoms with van der Waals surface area (Å²) in [5, 5.41) is 7.40. The largest absolute Gasteiger partial charge is 0.437 e. The molecule has 2 fully saturated rings. The molecular weight excluding hydrogens is 487 g/mol. The number of carbonyl (C=O) groups excluding carboxylic acids is 1. The van der Waals surface area contributed by atoms with Crippen molar-refractivity contribution in [2.24, 2.45) is 0 Å². The van der Waals surface area contributed by atoms with Gasteiger partial charge in [0, 0.05) is 25.5 Å². The number of alkyl halides is 3. The molecule has 37 heavy (non-hydrogen) atoms. The highest BCUT2D eigenvalue weighted by molar-refractivity contribution is 6.03. The molecule has 0 atom stereocenters. The van der Waals surface area contributed by atoms with Gasteiger partial charge in [-0.3, -0.25) is 9.48 Å². The molecule has 6 rings (SSSR count). The average Bonchev–Trinajstić information content (AvgIpc) is 3.49. The molecule has 2 aromatic heterocycles. The second kappa shape index (κ2) is 8.44. The Morgan fingerprint density at radius 2 is 1.89 bits per heavy atom. The van der Waals surface area contributed by atoms with Crippen molar-refractivity contribution in [2.45, 2.75) is 43.4 Å². The van der Waals surface area contributed by atoms with Gasteiger partial charge in [0.1, 0.15) is 11.3 Å². The number of benzene rings is 1. The Balaban J connectivity index is 1.29. The number of nitrogens with zero attached hydrogens (tertiary/aromatic N) is 6. The molecule has 0 radical (unpaired) electrons. The van der Waals surface area contributed by atoms with Crippen molar-refractivity contribution >= 4 is 17.7 Å². The van der Waals surface area contributed by atoms with Crippen LogP contribution in [0.25, 0.3) is 0 Å². The van der Waals surface area contributed by atoms with Crippen molar-refractivity contribution < 1.29 is 22.7 Å². The topological polar surface area (TPSA) is 88.4 Å². The molecule has 3 aromatic rings. The average molecular weight is 514 g/mol. The van der Waals surface area contributed by atoms with Crippen LogP contribution < -0.4 is 10.1 Å². The lowest BCUT2D eigenvalue weighted by Crippen LogP contribution is -2.31. The third kappa shape index (κ3) is 4.08. The SMILES string of the molecule is CN1CCC(n2ccc(Nc3ncc(C(F)(F)F)c(Oc4cccc5c4C(=O)N(C)C54CC4)n3)n2)CC1. The number of nitrogens with one attached hydrogen (secondary N) is 1. The summed E-state index contributed by atoms with van der Waals surface area (Å²) in [5.74, 6) is -0.590. The first-order valence-electron chi connectivity index (χ1n) is 12.2. The van der Waals surface area contributed by atoms with Crippen LogP contribution in [0.1, 0.15) is 53.2 Å². The minimum absolute atomic E-state index is 0.0415. The lowest BCUT2D eigenvalue weighted by atomic mass is 10.0. The minimum Gasteiger partial charge on any atom is -0.437 e. The minimum atomic E-state index is -4.75. The van der Waals surface area contributed by atoms with Gasteiger partial charge >= 0.3 is 6.18 Å². The molecule has 194 valence electrons. The first-order valence-corrected chi connectivity index (χ1v) is 12.2. The maximum absolute atomic E-state index is 13.8. The van der Waals surface area contributed by atoms with E-state index >= 15 is 0 Å². The number of likely N-dealkylation sites (tertiary alicyclic amines) is 1. The molecule has 1 amide bonds. The summed E-state index contributed by atoms with van der Waals surface area (Å²) >= 11 is 0. The number of halogens is 3. The number of piperidine rings is 1. The monoisotopic (exact) mass is 513 g/mol. The molecule has 12 heteroatoms. The maximum atomic E-state index is 13.8. The summed E-state index contributed by atoms with van der Waals surface area (Å²) in [6.45, 7) is 1.94. The van der Waals surface area contributed by atoms with Crippen LogP contribution in [-0.4, -0.2) is 62.6 Å². The fraction of sp³-hybridized carbons (Fsp3) is 0.440. The Labute approximate surface area is 211 Å². The van der Waals surface area contributed by atoms with E-state index in [1.54, 1.807) is 24.1 Å². The fourth-order valence-corrected chi connectivity index (χ4v) is 5.28. The number of hydrogen-bond donors (Lipinski definition) is 1. The molecule has 2 aliphatic heterocycles. The first kappa shape index (κ1) is 23.7. The van der Waals surface area contributed by atoms with Crippen molar-refractivity contribution in [1.82, 2.24) is 29.5 Å². The number of aromatic nitrogens is 4. The summed E-state index contributed by atoms with van der Waals surface area (Å²) < 4.78 is 49.0. The van der Waals surface area contributed by atoms with E-state index < -0.39 is 17.6 Å².